The molecule has 1 unspecified atom stereocenters. The lowest BCUT2D eigenvalue weighted by Gasteiger charge is -2.16. The lowest BCUT2D eigenvalue weighted by atomic mass is 10.1. The van der Waals surface area contributed by atoms with Crippen LogP contribution in [-0.2, 0) is 6.42 Å². The van der Waals surface area contributed by atoms with Crippen molar-refractivity contribution in [3.05, 3.63) is 69.5 Å². The third-order valence-electron chi connectivity index (χ3n) is 3.23. The average molecular weight is 312 g/mol. The van der Waals surface area contributed by atoms with Gasteiger partial charge in [0, 0.05) is 16.1 Å². The van der Waals surface area contributed by atoms with E-state index in [0.29, 0.717) is 28.6 Å². The van der Waals surface area contributed by atoms with Crippen molar-refractivity contribution in [2.45, 2.75) is 19.4 Å². The Morgan fingerprint density at radius 3 is 2.65 bits per heavy atom. The van der Waals surface area contributed by atoms with Crippen molar-refractivity contribution in [2.75, 3.05) is 6.54 Å². The normalized spacial score (nSPS) is 12.4. The molecule has 0 heterocycles. The van der Waals surface area contributed by atoms with E-state index in [4.69, 9.17) is 23.2 Å². The van der Waals surface area contributed by atoms with Gasteiger partial charge in [-0.3, -0.25) is 0 Å². The molecule has 0 aliphatic carbocycles. The van der Waals surface area contributed by atoms with Crippen LogP contribution in [0.4, 0.5) is 4.39 Å². The molecule has 0 amide bonds. The maximum Gasteiger partial charge on any atom is 0.126 e. The van der Waals surface area contributed by atoms with Crippen molar-refractivity contribution < 1.29 is 4.39 Å². The first-order valence-corrected chi connectivity index (χ1v) is 7.25. The maximum absolute atomic E-state index is 13.5. The van der Waals surface area contributed by atoms with E-state index in [0.717, 1.165) is 5.56 Å². The minimum atomic E-state index is -0.164. The van der Waals surface area contributed by atoms with Crippen LogP contribution in [0.25, 0.3) is 0 Å². The van der Waals surface area contributed by atoms with Gasteiger partial charge in [0.15, 0.2) is 0 Å². The third-order valence-corrected chi connectivity index (χ3v) is 3.81. The molecule has 2 aromatic carbocycles. The smallest absolute Gasteiger partial charge is 0.126 e. The molecule has 1 N–H and O–H groups in total. The lowest BCUT2D eigenvalue weighted by molar-refractivity contribution is 0.559. The van der Waals surface area contributed by atoms with E-state index in [2.05, 4.69) is 5.32 Å². The van der Waals surface area contributed by atoms with Gasteiger partial charge in [-0.2, -0.15) is 0 Å². The van der Waals surface area contributed by atoms with Crippen molar-refractivity contribution in [1.29, 1.82) is 0 Å². The molecular formula is C16H16Cl2FN. The molecule has 20 heavy (non-hydrogen) atoms. The minimum absolute atomic E-state index is 0.0629. The van der Waals surface area contributed by atoms with Crippen molar-refractivity contribution >= 4 is 23.2 Å². The quantitative estimate of drug-likeness (QED) is 0.817. The minimum Gasteiger partial charge on any atom is -0.310 e. The van der Waals surface area contributed by atoms with Gasteiger partial charge in [0.1, 0.15) is 5.82 Å². The summed E-state index contributed by atoms with van der Waals surface area (Å²) in [7, 11) is 0. The summed E-state index contributed by atoms with van der Waals surface area (Å²) in [4.78, 5) is 0. The molecule has 0 fully saturated rings. The Bertz CT molecular complexity index is 586. The van der Waals surface area contributed by atoms with Crippen LogP contribution in [0.5, 0.6) is 0 Å². The zero-order valence-electron chi connectivity index (χ0n) is 11.2. The molecule has 1 nitrogen and oxygen atoms in total. The molecule has 0 aromatic heterocycles. The van der Waals surface area contributed by atoms with Gasteiger partial charge in [0.05, 0.1) is 0 Å². The number of hydrogen-bond acceptors (Lipinski definition) is 1. The Morgan fingerprint density at radius 1 is 1.15 bits per heavy atom. The highest BCUT2D eigenvalue weighted by Crippen LogP contribution is 2.26. The van der Waals surface area contributed by atoms with Crippen LogP contribution in [0.1, 0.15) is 24.1 Å². The van der Waals surface area contributed by atoms with Gasteiger partial charge in [-0.05, 0) is 55.3 Å². The fourth-order valence-corrected chi connectivity index (χ4v) is 2.54. The largest absolute Gasteiger partial charge is 0.310 e. The molecule has 0 saturated carbocycles. The Kier molecular flexibility index (Phi) is 5.41. The van der Waals surface area contributed by atoms with Crippen molar-refractivity contribution in [3.63, 3.8) is 0 Å². The zero-order valence-corrected chi connectivity index (χ0v) is 12.7. The molecule has 2 rings (SSSR count). The first-order chi connectivity index (χ1) is 9.58. The molecule has 0 bridgehead atoms. The standard InChI is InChI=1S/C16H16Cl2FN/c1-11(14-10-13(17)6-7-15(14)18)20-9-8-12-4-2-3-5-16(12)19/h2-7,10-11,20H,8-9H2,1H3. The van der Waals surface area contributed by atoms with Crippen LogP contribution in [0, 0.1) is 5.82 Å². The fraction of sp³-hybridized carbons (Fsp3) is 0.250. The van der Waals surface area contributed by atoms with Gasteiger partial charge in [0.25, 0.3) is 0 Å². The molecule has 1 atom stereocenters. The number of nitrogens with one attached hydrogen (secondary N) is 1. The van der Waals surface area contributed by atoms with E-state index in [1.54, 1.807) is 24.3 Å². The highest BCUT2D eigenvalue weighted by molar-refractivity contribution is 6.33. The summed E-state index contributed by atoms with van der Waals surface area (Å²) in [5.41, 5.74) is 1.66. The number of halogens is 3. The summed E-state index contributed by atoms with van der Waals surface area (Å²) < 4.78 is 13.5. The van der Waals surface area contributed by atoms with Gasteiger partial charge >= 0.3 is 0 Å². The van der Waals surface area contributed by atoms with Crippen molar-refractivity contribution in [1.82, 2.24) is 5.32 Å². The third kappa shape index (κ3) is 3.95. The van der Waals surface area contributed by atoms with Crippen LogP contribution in [0.2, 0.25) is 10.0 Å². The summed E-state index contributed by atoms with van der Waals surface area (Å²) in [6.07, 6.45) is 0.634. The Balaban J connectivity index is 1.94. The Hall–Kier alpha value is -1.09. The first-order valence-electron chi connectivity index (χ1n) is 6.49. The fourth-order valence-electron chi connectivity index (χ4n) is 2.08. The molecule has 0 radical (unpaired) electrons. The topological polar surface area (TPSA) is 12.0 Å². The van der Waals surface area contributed by atoms with Gasteiger partial charge in [-0.1, -0.05) is 41.4 Å². The second-order valence-electron chi connectivity index (χ2n) is 4.68. The van der Waals surface area contributed by atoms with E-state index < -0.39 is 0 Å². The summed E-state index contributed by atoms with van der Waals surface area (Å²) in [6, 6.07) is 12.3. The van der Waals surface area contributed by atoms with Crippen LogP contribution in [-0.4, -0.2) is 6.54 Å². The molecule has 0 saturated heterocycles. The van der Waals surface area contributed by atoms with Crippen molar-refractivity contribution in [3.8, 4) is 0 Å². The van der Waals surface area contributed by atoms with Gasteiger partial charge < -0.3 is 5.32 Å². The zero-order chi connectivity index (χ0) is 14.5. The van der Waals surface area contributed by atoms with E-state index in [-0.39, 0.29) is 11.9 Å². The predicted octanol–water partition coefficient (Wildman–Crippen LogP) is 5.03. The van der Waals surface area contributed by atoms with Gasteiger partial charge in [-0.15, -0.1) is 0 Å². The Morgan fingerprint density at radius 2 is 1.90 bits per heavy atom. The number of benzene rings is 2. The van der Waals surface area contributed by atoms with Crippen LogP contribution < -0.4 is 5.32 Å². The molecule has 2 aromatic rings. The lowest BCUT2D eigenvalue weighted by Crippen LogP contribution is -2.22. The van der Waals surface area contributed by atoms with E-state index >= 15 is 0 Å². The summed E-state index contributed by atoms with van der Waals surface area (Å²) in [6.45, 7) is 2.68. The molecule has 0 aliphatic rings. The maximum atomic E-state index is 13.5. The molecule has 0 aliphatic heterocycles. The van der Waals surface area contributed by atoms with Crippen LogP contribution in [0.15, 0.2) is 42.5 Å². The van der Waals surface area contributed by atoms with Crippen LogP contribution in [0.3, 0.4) is 0 Å². The van der Waals surface area contributed by atoms with E-state index in [1.807, 2.05) is 19.1 Å². The first kappa shape index (κ1) is 15.3. The van der Waals surface area contributed by atoms with Crippen molar-refractivity contribution in [2.24, 2.45) is 0 Å². The second-order valence-corrected chi connectivity index (χ2v) is 5.53. The predicted molar refractivity (Wildman–Crippen MR) is 83.0 cm³/mol. The molecular weight excluding hydrogens is 296 g/mol. The number of hydrogen-bond donors (Lipinski definition) is 1. The number of rotatable bonds is 5. The SMILES string of the molecule is CC(NCCc1ccccc1F)c1cc(Cl)ccc1Cl. The summed E-state index contributed by atoms with van der Waals surface area (Å²) >= 11 is 12.1. The van der Waals surface area contributed by atoms with Gasteiger partial charge in [0.2, 0.25) is 0 Å². The highest BCUT2D eigenvalue weighted by atomic mass is 35.5. The highest BCUT2D eigenvalue weighted by Gasteiger charge is 2.10. The second kappa shape index (κ2) is 7.07. The summed E-state index contributed by atoms with van der Waals surface area (Å²) in [5, 5.41) is 4.67. The van der Waals surface area contributed by atoms with Crippen LogP contribution >= 0.6 is 23.2 Å². The monoisotopic (exact) mass is 311 g/mol. The Labute approximate surface area is 128 Å². The van der Waals surface area contributed by atoms with E-state index in [1.165, 1.54) is 6.07 Å². The summed E-state index contributed by atoms with van der Waals surface area (Å²) in [5.74, 6) is -0.164. The van der Waals surface area contributed by atoms with Gasteiger partial charge in [-0.25, -0.2) is 4.39 Å². The average Bonchev–Trinajstić information content (AvgIpc) is 2.43. The molecule has 0 spiro atoms. The van der Waals surface area contributed by atoms with E-state index in [9.17, 15) is 4.39 Å². The molecule has 106 valence electrons. The molecule has 4 heteroatoms.